The van der Waals surface area contributed by atoms with Gasteiger partial charge in [-0.3, -0.25) is 15.5 Å². The van der Waals surface area contributed by atoms with E-state index in [0.717, 1.165) is 15.7 Å². The summed E-state index contributed by atoms with van der Waals surface area (Å²) in [6.07, 6.45) is 5.05. The minimum absolute atomic E-state index is 0.220. The Hall–Kier alpha value is -0.950. The van der Waals surface area contributed by atoms with Gasteiger partial charge in [0.1, 0.15) is 0 Å². The number of nitrogens with one attached hydrogen (secondary N) is 1. The van der Waals surface area contributed by atoms with Crippen LogP contribution in [-0.4, -0.2) is 14.8 Å². The number of nitrogens with two attached hydrogens (primary N) is 1. The summed E-state index contributed by atoms with van der Waals surface area (Å²) in [5, 5.41) is 4.92. The third-order valence-corrected chi connectivity index (χ3v) is 3.76. The Morgan fingerprint density at radius 1 is 1.42 bits per heavy atom. The van der Waals surface area contributed by atoms with Crippen molar-refractivity contribution in [2.24, 2.45) is 5.84 Å². The van der Waals surface area contributed by atoms with E-state index in [1.165, 1.54) is 0 Å². The Kier molecular flexibility index (Phi) is 4.57. The van der Waals surface area contributed by atoms with Gasteiger partial charge in [-0.2, -0.15) is 5.10 Å². The molecule has 0 aromatic carbocycles. The van der Waals surface area contributed by atoms with Gasteiger partial charge in [-0.25, -0.2) is 5.43 Å². The van der Waals surface area contributed by atoms with E-state index in [1.54, 1.807) is 18.6 Å². The number of hydrogen-bond donors (Lipinski definition) is 2. The summed E-state index contributed by atoms with van der Waals surface area (Å²) < 4.78 is 2.79. The topological polar surface area (TPSA) is 68.8 Å². The summed E-state index contributed by atoms with van der Waals surface area (Å²) in [5.74, 6) is 5.71. The van der Waals surface area contributed by atoms with E-state index in [9.17, 15) is 0 Å². The minimum atomic E-state index is -0.255. The molecule has 1 atom stereocenters. The minimum Gasteiger partial charge on any atom is -0.271 e. The third-order valence-electron chi connectivity index (χ3n) is 2.83. The summed E-state index contributed by atoms with van der Waals surface area (Å²) in [4.78, 5) is 3.99. The van der Waals surface area contributed by atoms with Crippen LogP contribution in [0.25, 0.3) is 0 Å². The highest BCUT2D eigenvalue weighted by atomic mass is 79.9. The van der Waals surface area contributed by atoms with Gasteiger partial charge < -0.3 is 0 Å². The van der Waals surface area contributed by atoms with Crippen molar-refractivity contribution in [2.45, 2.75) is 25.9 Å². The molecule has 0 aliphatic rings. The van der Waals surface area contributed by atoms with Gasteiger partial charge in [-0.05, 0) is 41.4 Å². The number of hydrogen-bond acceptors (Lipinski definition) is 4. The first-order chi connectivity index (χ1) is 9.06. The predicted molar refractivity (Wildman–Crippen MR) is 78.7 cm³/mol. The van der Waals surface area contributed by atoms with Crippen LogP contribution in [-0.2, 0) is 0 Å². The second kappa shape index (κ2) is 6.00. The van der Waals surface area contributed by atoms with Gasteiger partial charge in [0, 0.05) is 18.4 Å². The summed E-state index contributed by atoms with van der Waals surface area (Å²) in [7, 11) is 0. The molecule has 0 aliphatic heterocycles. The summed E-state index contributed by atoms with van der Waals surface area (Å²) in [6, 6.07) is 1.81. The fraction of sp³-hybridized carbons (Fsp3) is 0.333. The predicted octanol–water partition coefficient (Wildman–Crippen LogP) is 2.83. The lowest BCUT2D eigenvalue weighted by Crippen LogP contribution is -2.31. The van der Waals surface area contributed by atoms with Crippen molar-refractivity contribution in [1.29, 1.82) is 0 Å². The number of rotatable bonds is 4. The van der Waals surface area contributed by atoms with E-state index in [2.05, 4.69) is 45.3 Å². The van der Waals surface area contributed by atoms with Crippen molar-refractivity contribution in [2.75, 3.05) is 0 Å². The molecule has 0 saturated carbocycles. The van der Waals surface area contributed by atoms with E-state index < -0.39 is 0 Å². The molecule has 0 fully saturated rings. The highest BCUT2D eigenvalue weighted by Crippen LogP contribution is 2.32. The summed E-state index contributed by atoms with van der Waals surface area (Å²) in [5.41, 5.74) is 4.59. The first-order valence-electron chi connectivity index (χ1n) is 5.84. The van der Waals surface area contributed by atoms with Gasteiger partial charge in [0.25, 0.3) is 0 Å². The Labute approximate surface area is 125 Å². The molecule has 5 nitrogen and oxygen atoms in total. The van der Waals surface area contributed by atoms with Crippen LogP contribution in [0.3, 0.4) is 0 Å². The zero-order valence-corrected chi connectivity index (χ0v) is 13.0. The molecular weight excluding hydrogens is 330 g/mol. The van der Waals surface area contributed by atoms with Gasteiger partial charge in [-0.15, -0.1) is 0 Å². The first-order valence-corrected chi connectivity index (χ1v) is 7.01. The van der Waals surface area contributed by atoms with Crippen molar-refractivity contribution < 1.29 is 0 Å². The first kappa shape index (κ1) is 14.5. The van der Waals surface area contributed by atoms with Crippen molar-refractivity contribution in [3.8, 4) is 0 Å². The molecular formula is C12H15BrClN5. The number of aromatic nitrogens is 3. The molecule has 2 aromatic heterocycles. The quantitative estimate of drug-likeness (QED) is 0.661. The van der Waals surface area contributed by atoms with E-state index in [4.69, 9.17) is 17.4 Å². The molecule has 0 saturated heterocycles. The maximum Gasteiger partial charge on any atom is 0.0905 e. The molecule has 2 rings (SSSR count). The molecule has 19 heavy (non-hydrogen) atoms. The Balaban J connectivity index is 2.55. The van der Waals surface area contributed by atoms with Gasteiger partial charge in [0.05, 0.1) is 27.4 Å². The summed E-state index contributed by atoms with van der Waals surface area (Å²) in [6.45, 7) is 4.12. The lowest BCUT2D eigenvalue weighted by Gasteiger charge is -2.21. The maximum absolute atomic E-state index is 6.20. The highest BCUT2D eigenvalue weighted by molar-refractivity contribution is 9.10. The molecule has 0 radical (unpaired) electrons. The number of pyridine rings is 1. The van der Waals surface area contributed by atoms with Gasteiger partial charge in [0.15, 0.2) is 0 Å². The van der Waals surface area contributed by atoms with E-state index in [1.807, 2.05) is 10.7 Å². The van der Waals surface area contributed by atoms with Crippen LogP contribution in [0.15, 0.2) is 29.1 Å². The van der Waals surface area contributed by atoms with Crippen LogP contribution in [0.5, 0.6) is 0 Å². The van der Waals surface area contributed by atoms with Crippen molar-refractivity contribution in [3.05, 3.63) is 45.4 Å². The van der Waals surface area contributed by atoms with Crippen LogP contribution < -0.4 is 11.3 Å². The van der Waals surface area contributed by atoms with Crippen LogP contribution >= 0.6 is 27.5 Å². The second-order valence-corrected chi connectivity index (χ2v) is 5.67. The Bertz CT molecular complexity index is 569. The lowest BCUT2D eigenvalue weighted by atomic mass is 10.1. The number of halogens is 2. The molecule has 2 aromatic rings. The highest BCUT2D eigenvalue weighted by Gasteiger charge is 2.23. The molecule has 0 aliphatic carbocycles. The average Bonchev–Trinajstić information content (AvgIpc) is 2.75. The SMILES string of the molecule is CC(C)n1ncc(Br)c1C(NN)c1ccncc1Cl. The summed E-state index contributed by atoms with van der Waals surface area (Å²) >= 11 is 9.71. The second-order valence-electron chi connectivity index (χ2n) is 4.41. The van der Waals surface area contributed by atoms with Gasteiger partial charge in [-0.1, -0.05) is 11.6 Å². The van der Waals surface area contributed by atoms with Crippen molar-refractivity contribution in [3.63, 3.8) is 0 Å². The Morgan fingerprint density at radius 2 is 2.16 bits per heavy atom. The van der Waals surface area contributed by atoms with E-state index in [-0.39, 0.29) is 12.1 Å². The lowest BCUT2D eigenvalue weighted by molar-refractivity contribution is 0.475. The average molecular weight is 345 g/mol. The van der Waals surface area contributed by atoms with Crippen molar-refractivity contribution in [1.82, 2.24) is 20.2 Å². The molecule has 102 valence electrons. The van der Waals surface area contributed by atoms with Crippen LogP contribution in [0, 0.1) is 0 Å². The normalized spacial score (nSPS) is 12.9. The third kappa shape index (κ3) is 2.81. The molecule has 0 spiro atoms. The monoisotopic (exact) mass is 343 g/mol. The number of hydrazine groups is 1. The number of nitrogens with zero attached hydrogens (tertiary/aromatic N) is 3. The fourth-order valence-electron chi connectivity index (χ4n) is 1.97. The van der Waals surface area contributed by atoms with Crippen LogP contribution in [0.1, 0.15) is 37.2 Å². The standard InChI is InChI=1S/C12H15BrClN5/c1-7(2)19-12(9(13)5-17-19)11(18-15)8-3-4-16-6-10(8)14/h3-7,11,18H,15H2,1-2H3. The molecule has 2 heterocycles. The molecule has 7 heteroatoms. The van der Waals surface area contributed by atoms with E-state index in [0.29, 0.717) is 5.02 Å². The largest absolute Gasteiger partial charge is 0.271 e. The Morgan fingerprint density at radius 3 is 2.74 bits per heavy atom. The zero-order chi connectivity index (χ0) is 14.0. The molecule has 3 N–H and O–H groups in total. The van der Waals surface area contributed by atoms with Crippen molar-refractivity contribution >= 4 is 27.5 Å². The smallest absolute Gasteiger partial charge is 0.0905 e. The van der Waals surface area contributed by atoms with Crippen LogP contribution in [0.2, 0.25) is 5.02 Å². The van der Waals surface area contributed by atoms with Crippen LogP contribution in [0.4, 0.5) is 0 Å². The van der Waals surface area contributed by atoms with E-state index >= 15 is 0 Å². The molecule has 0 bridgehead atoms. The fourth-order valence-corrected chi connectivity index (χ4v) is 2.70. The van der Waals surface area contributed by atoms with Gasteiger partial charge in [0.2, 0.25) is 0 Å². The maximum atomic E-state index is 6.20. The molecule has 0 amide bonds. The molecule has 1 unspecified atom stereocenters. The zero-order valence-electron chi connectivity index (χ0n) is 10.6. The van der Waals surface area contributed by atoms with Gasteiger partial charge >= 0.3 is 0 Å².